The standard InChI is InChI=1S/C6H9N2OP/c1-6(2,10-9)8-5-3-4-7-8/h3-5H,1-2H3. The van der Waals surface area contributed by atoms with Crippen LogP contribution in [0.4, 0.5) is 0 Å². The third-order valence-electron chi connectivity index (χ3n) is 1.29. The first-order valence-electron chi connectivity index (χ1n) is 3.01. The fraction of sp³-hybridized carbons (Fsp3) is 0.500. The summed E-state index contributed by atoms with van der Waals surface area (Å²) in [7, 11) is 0.0823. The highest BCUT2D eigenvalue weighted by Crippen LogP contribution is 2.25. The van der Waals surface area contributed by atoms with Crippen LogP contribution in [0.25, 0.3) is 0 Å². The van der Waals surface area contributed by atoms with Gasteiger partial charge in [-0.15, -0.1) is 0 Å². The number of hydrogen-bond acceptors (Lipinski definition) is 2. The molecule has 0 fully saturated rings. The van der Waals surface area contributed by atoms with E-state index in [0.717, 1.165) is 0 Å². The van der Waals surface area contributed by atoms with Gasteiger partial charge >= 0.3 is 0 Å². The average Bonchev–Trinajstić information content (AvgIpc) is 2.38. The van der Waals surface area contributed by atoms with Crippen LogP contribution >= 0.6 is 8.46 Å². The van der Waals surface area contributed by atoms with Crippen LogP contribution in [0.5, 0.6) is 0 Å². The van der Waals surface area contributed by atoms with Crippen molar-refractivity contribution in [3.63, 3.8) is 0 Å². The highest BCUT2D eigenvalue weighted by Gasteiger charge is 2.19. The van der Waals surface area contributed by atoms with Gasteiger partial charge < -0.3 is 0 Å². The quantitative estimate of drug-likeness (QED) is 0.612. The molecule has 0 unspecified atom stereocenters. The second-order valence-electron chi connectivity index (χ2n) is 2.54. The van der Waals surface area contributed by atoms with E-state index in [1.807, 2.05) is 19.9 Å². The van der Waals surface area contributed by atoms with Gasteiger partial charge in [-0.1, -0.05) is 0 Å². The molecule has 1 aromatic rings. The molecule has 4 heteroatoms. The Labute approximate surface area is 61.3 Å². The minimum absolute atomic E-state index is 0.0823. The summed E-state index contributed by atoms with van der Waals surface area (Å²) < 4.78 is 12.2. The van der Waals surface area contributed by atoms with E-state index in [-0.39, 0.29) is 8.46 Å². The predicted octanol–water partition coefficient (Wildman–Crippen LogP) is 1.87. The molecule has 0 saturated carbocycles. The van der Waals surface area contributed by atoms with Gasteiger partial charge in [-0.25, -0.2) is 0 Å². The molecule has 0 amide bonds. The van der Waals surface area contributed by atoms with E-state index < -0.39 is 5.28 Å². The lowest BCUT2D eigenvalue weighted by Crippen LogP contribution is -2.18. The largest absolute Gasteiger partial charge is 0.272 e. The Hall–Kier alpha value is -0.690. The highest BCUT2D eigenvalue weighted by atomic mass is 31.1. The highest BCUT2D eigenvalue weighted by molar-refractivity contribution is 7.24. The maximum absolute atomic E-state index is 10.6. The summed E-state index contributed by atoms with van der Waals surface area (Å²) in [5.74, 6) is 0. The van der Waals surface area contributed by atoms with E-state index in [1.54, 1.807) is 17.1 Å². The molecular formula is C6H9N2OP. The maximum Gasteiger partial charge on any atom is 0.185 e. The maximum atomic E-state index is 10.6. The molecule has 0 aliphatic heterocycles. The van der Waals surface area contributed by atoms with Gasteiger partial charge in [0.1, 0.15) is 5.28 Å². The van der Waals surface area contributed by atoms with Crippen molar-refractivity contribution in [2.24, 2.45) is 0 Å². The molecule has 1 heterocycles. The van der Waals surface area contributed by atoms with Crippen LogP contribution in [-0.2, 0) is 9.85 Å². The smallest absolute Gasteiger partial charge is 0.185 e. The van der Waals surface area contributed by atoms with E-state index in [2.05, 4.69) is 5.10 Å². The van der Waals surface area contributed by atoms with Gasteiger partial charge in [-0.05, 0) is 19.9 Å². The van der Waals surface area contributed by atoms with Crippen molar-refractivity contribution in [1.82, 2.24) is 9.78 Å². The summed E-state index contributed by atoms with van der Waals surface area (Å²) in [4.78, 5) is 0. The van der Waals surface area contributed by atoms with Crippen molar-refractivity contribution in [1.29, 1.82) is 0 Å². The third kappa shape index (κ3) is 1.24. The van der Waals surface area contributed by atoms with Crippen LogP contribution in [-0.4, -0.2) is 9.78 Å². The van der Waals surface area contributed by atoms with E-state index >= 15 is 0 Å². The summed E-state index contributed by atoms with van der Waals surface area (Å²) in [5, 5.41) is 3.56. The number of rotatable bonds is 2. The molecule has 10 heavy (non-hydrogen) atoms. The summed E-state index contributed by atoms with van der Waals surface area (Å²) in [6.45, 7) is 3.71. The number of hydrogen-bond donors (Lipinski definition) is 0. The lowest BCUT2D eigenvalue weighted by molar-refractivity contribution is 0.450. The van der Waals surface area contributed by atoms with Gasteiger partial charge in [-0.2, -0.15) is 5.10 Å². The zero-order valence-electron chi connectivity index (χ0n) is 5.98. The molecule has 3 nitrogen and oxygen atoms in total. The second kappa shape index (κ2) is 2.51. The normalized spacial score (nSPS) is 12.2. The Morgan fingerprint density at radius 2 is 2.30 bits per heavy atom. The fourth-order valence-corrected chi connectivity index (χ4v) is 0.836. The minimum Gasteiger partial charge on any atom is -0.272 e. The zero-order chi connectivity index (χ0) is 7.61. The molecule has 0 N–H and O–H groups in total. The van der Waals surface area contributed by atoms with Gasteiger partial charge in [0.15, 0.2) is 8.46 Å². The zero-order valence-corrected chi connectivity index (χ0v) is 6.88. The summed E-state index contributed by atoms with van der Waals surface area (Å²) in [6.07, 6.45) is 3.47. The van der Waals surface area contributed by atoms with E-state index in [9.17, 15) is 4.57 Å². The van der Waals surface area contributed by atoms with Gasteiger partial charge in [0.2, 0.25) is 0 Å². The summed E-state index contributed by atoms with van der Waals surface area (Å²) in [6, 6.07) is 1.81. The molecule has 0 aliphatic carbocycles. The average molecular weight is 156 g/mol. The number of aromatic nitrogens is 2. The Balaban J connectivity index is 2.95. The molecule has 54 valence electrons. The van der Waals surface area contributed by atoms with Crippen molar-refractivity contribution in [3.8, 4) is 0 Å². The fourth-order valence-electron chi connectivity index (χ4n) is 0.634. The first-order chi connectivity index (χ1) is 4.67. The minimum atomic E-state index is -0.413. The second-order valence-corrected chi connectivity index (χ2v) is 3.81. The van der Waals surface area contributed by atoms with Crippen molar-refractivity contribution < 1.29 is 4.57 Å². The molecule has 0 bridgehead atoms. The van der Waals surface area contributed by atoms with Crippen LogP contribution in [0.3, 0.4) is 0 Å². The summed E-state index contributed by atoms with van der Waals surface area (Å²) in [5.41, 5.74) is 0. The Bertz CT molecular complexity index is 218. The Morgan fingerprint density at radius 3 is 2.70 bits per heavy atom. The lowest BCUT2D eigenvalue weighted by atomic mass is 10.4. The van der Waals surface area contributed by atoms with Crippen molar-refractivity contribution in [2.75, 3.05) is 0 Å². The Morgan fingerprint density at radius 1 is 1.60 bits per heavy atom. The molecule has 0 radical (unpaired) electrons. The summed E-state index contributed by atoms with van der Waals surface area (Å²) >= 11 is 0. The van der Waals surface area contributed by atoms with Crippen LogP contribution in [0.15, 0.2) is 18.5 Å². The number of nitrogens with zero attached hydrogens (tertiary/aromatic N) is 2. The molecule has 1 aromatic heterocycles. The first-order valence-corrected chi connectivity index (χ1v) is 3.83. The van der Waals surface area contributed by atoms with Crippen LogP contribution in [0.1, 0.15) is 13.8 Å². The van der Waals surface area contributed by atoms with Gasteiger partial charge in [0, 0.05) is 12.4 Å². The monoisotopic (exact) mass is 156 g/mol. The molecule has 0 aromatic carbocycles. The molecule has 0 saturated heterocycles. The molecule has 0 atom stereocenters. The van der Waals surface area contributed by atoms with Crippen molar-refractivity contribution >= 4 is 8.46 Å². The van der Waals surface area contributed by atoms with Crippen LogP contribution in [0.2, 0.25) is 0 Å². The van der Waals surface area contributed by atoms with Gasteiger partial charge in [-0.3, -0.25) is 9.25 Å². The molecular weight excluding hydrogens is 147 g/mol. The topological polar surface area (TPSA) is 34.9 Å². The SMILES string of the molecule is CC(C)(P=O)n1cccn1. The third-order valence-corrected chi connectivity index (χ3v) is 1.94. The van der Waals surface area contributed by atoms with Crippen molar-refractivity contribution in [3.05, 3.63) is 18.5 Å². The van der Waals surface area contributed by atoms with E-state index in [1.165, 1.54) is 0 Å². The van der Waals surface area contributed by atoms with Gasteiger partial charge in [0.25, 0.3) is 0 Å². The van der Waals surface area contributed by atoms with Gasteiger partial charge in [0.05, 0.1) is 0 Å². The van der Waals surface area contributed by atoms with Crippen molar-refractivity contribution in [2.45, 2.75) is 19.1 Å². The van der Waals surface area contributed by atoms with E-state index in [0.29, 0.717) is 0 Å². The lowest BCUT2D eigenvalue weighted by Gasteiger charge is -2.15. The molecule has 0 spiro atoms. The predicted molar refractivity (Wildman–Crippen MR) is 39.2 cm³/mol. The van der Waals surface area contributed by atoms with Crippen LogP contribution < -0.4 is 0 Å². The molecule has 1 rings (SSSR count). The molecule has 0 aliphatic rings. The van der Waals surface area contributed by atoms with Crippen LogP contribution in [0, 0.1) is 0 Å². The Kier molecular flexibility index (Phi) is 1.86. The van der Waals surface area contributed by atoms with E-state index in [4.69, 9.17) is 0 Å². The first kappa shape index (κ1) is 7.42.